The van der Waals surface area contributed by atoms with Gasteiger partial charge in [0.25, 0.3) is 0 Å². The molecule has 0 fully saturated rings. The van der Waals surface area contributed by atoms with Gasteiger partial charge in [-0.05, 0) is 44.7 Å². The molecule has 0 radical (unpaired) electrons. The van der Waals surface area contributed by atoms with Crippen molar-refractivity contribution in [3.8, 4) is 11.5 Å². The van der Waals surface area contributed by atoms with E-state index in [4.69, 9.17) is 9.47 Å². The molecule has 4 heteroatoms. The zero-order valence-electron chi connectivity index (χ0n) is 13.0. The van der Waals surface area contributed by atoms with E-state index in [-0.39, 0.29) is 12.4 Å². The largest absolute Gasteiger partial charge is 0.497 e. The van der Waals surface area contributed by atoms with Gasteiger partial charge in [0, 0.05) is 18.2 Å². The van der Waals surface area contributed by atoms with Crippen molar-refractivity contribution in [1.82, 2.24) is 5.32 Å². The molecule has 0 saturated carbocycles. The number of methoxy groups -OCH3 is 2. The predicted molar refractivity (Wildman–Crippen MR) is 89.7 cm³/mol. The van der Waals surface area contributed by atoms with Crippen molar-refractivity contribution in [2.75, 3.05) is 20.8 Å². The van der Waals surface area contributed by atoms with Crippen molar-refractivity contribution in [3.63, 3.8) is 0 Å². The van der Waals surface area contributed by atoms with E-state index in [1.165, 1.54) is 37.7 Å². The van der Waals surface area contributed by atoms with Crippen LogP contribution in [0.1, 0.15) is 37.7 Å². The Morgan fingerprint density at radius 1 is 1.14 bits per heavy atom. The third-order valence-electron chi connectivity index (χ3n) is 3.82. The molecule has 0 heterocycles. The Hall–Kier alpha value is -1.19. The van der Waals surface area contributed by atoms with E-state index in [0.717, 1.165) is 24.6 Å². The number of allylic oxidation sites excluding steroid dienone is 1. The van der Waals surface area contributed by atoms with E-state index >= 15 is 0 Å². The Labute approximate surface area is 134 Å². The van der Waals surface area contributed by atoms with Crippen LogP contribution in [0.4, 0.5) is 0 Å². The molecule has 0 atom stereocenters. The molecule has 0 spiro atoms. The smallest absolute Gasteiger partial charge is 0.127 e. The molecule has 1 aliphatic rings. The quantitative estimate of drug-likeness (QED) is 0.607. The highest BCUT2D eigenvalue weighted by Gasteiger charge is 2.06. The molecule has 21 heavy (non-hydrogen) atoms. The Kier molecular flexibility index (Phi) is 8.24. The monoisotopic (exact) mass is 311 g/mol. The van der Waals surface area contributed by atoms with E-state index < -0.39 is 0 Å². The van der Waals surface area contributed by atoms with Crippen molar-refractivity contribution < 1.29 is 9.47 Å². The second-order valence-electron chi connectivity index (χ2n) is 5.21. The Bertz CT molecular complexity index is 460. The molecular weight excluding hydrogens is 286 g/mol. The molecule has 0 saturated heterocycles. The maximum Gasteiger partial charge on any atom is 0.127 e. The summed E-state index contributed by atoms with van der Waals surface area (Å²) < 4.78 is 10.6. The molecule has 0 aliphatic heterocycles. The molecule has 0 bridgehead atoms. The summed E-state index contributed by atoms with van der Waals surface area (Å²) in [6, 6.07) is 5.97. The number of nitrogens with one attached hydrogen (secondary N) is 1. The van der Waals surface area contributed by atoms with E-state index in [1.807, 2.05) is 12.1 Å². The Balaban J connectivity index is 0.00000220. The SMILES string of the molecule is COc1ccc(CNCCC2=CCCCC2)c(OC)c1.Cl. The third kappa shape index (κ3) is 5.60. The van der Waals surface area contributed by atoms with Gasteiger partial charge in [0.2, 0.25) is 0 Å². The van der Waals surface area contributed by atoms with Crippen LogP contribution >= 0.6 is 12.4 Å². The van der Waals surface area contributed by atoms with Crippen LogP contribution in [0.15, 0.2) is 29.8 Å². The molecule has 2 rings (SSSR count). The summed E-state index contributed by atoms with van der Waals surface area (Å²) in [5.74, 6) is 1.71. The first kappa shape index (κ1) is 17.9. The van der Waals surface area contributed by atoms with E-state index in [1.54, 1.807) is 19.8 Å². The molecule has 3 nitrogen and oxygen atoms in total. The van der Waals surface area contributed by atoms with Gasteiger partial charge in [0.1, 0.15) is 11.5 Å². The molecule has 0 aromatic heterocycles. The molecule has 1 aliphatic carbocycles. The van der Waals surface area contributed by atoms with Crippen LogP contribution in [0.5, 0.6) is 11.5 Å². The van der Waals surface area contributed by atoms with Crippen molar-refractivity contribution >= 4 is 12.4 Å². The van der Waals surface area contributed by atoms with Crippen molar-refractivity contribution in [1.29, 1.82) is 0 Å². The minimum absolute atomic E-state index is 0. The number of benzene rings is 1. The summed E-state index contributed by atoms with van der Waals surface area (Å²) in [6.07, 6.45) is 8.85. The van der Waals surface area contributed by atoms with Gasteiger partial charge in [-0.25, -0.2) is 0 Å². The maximum absolute atomic E-state index is 5.40. The Morgan fingerprint density at radius 2 is 2.00 bits per heavy atom. The highest BCUT2D eigenvalue weighted by atomic mass is 35.5. The molecule has 1 aromatic carbocycles. The minimum Gasteiger partial charge on any atom is -0.497 e. The second kappa shape index (κ2) is 9.69. The van der Waals surface area contributed by atoms with Crippen LogP contribution in [-0.2, 0) is 6.54 Å². The first-order valence-corrected chi connectivity index (χ1v) is 7.43. The first-order valence-electron chi connectivity index (χ1n) is 7.43. The van der Waals surface area contributed by atoms with E-state index in [0.29, 0.717) is 0 Å². The topological polar surface area (TPSA) is 30.5 Å². The van der Waals surface area contributed by atoms with Gasteiger partial charge in [-0.3, -0.25) is 0 Å². The highest BCUT2D eigenvalue weighted by Crippen LogP contribution is 2.24. The third-order valence-corrected chi connectivity index (χ3v) is 3.82. The molecule has 1 aromatic rings. The summed E-state index contributed by atoms with van der Waals surface area (Å²) in [5, 5.41) is 3.50. The van der Waals surface area contributed by atoms with Crippen LogP contribution < -0.4 is 14.8 Å². The molecular formula is C17H26ClNO2. The second-order valence-corrected chi connectivity index (χ2v) is 5.21. The van der Waals surface area contributed by atoms with Crippen LogP contribution in [0.25, 0.3) is 0 Å². The highest BCUT2D eigenvalue weighted by molar-refractivity contribution is 5.85. The number of ether oxygens (including phenoxy) is 2. The lowest BCUT2D eigenvalue weighted by molar-refractivity contribution is 0.390. The number of rotatable bonds is 7. The van der Waals surface area contributed by atoms with Gasteiger partial charge >= 0.3 is 0 Å². The van der Waals surface area contributed by atoms with Crippen LogP contribution in [0.2, 0.25) is 0 Å². The summed E-state index contributed by atoms with van der Waals surface area (Å²) >= 11 is 0. The average Bonchev–Trinajstić information content (AvgIpc) is 2.52. The fraction of sp³-hybridized carbons (Fsp3) is 0.529. The van der Waals surface area contributed by atoms with Gasteiger partial charge < -0.3 is 14.8 Å². The summed E-state index contributed by atoms with van der Waals surface area (Å²) in [7, 11) is 3.37. The average molecular weight is 312 g/mol. The summed E-state index contributed by atoms with van der Waals surface area (Å²) in [4.78, 5) is 0. The van der Waals surface area contributed by atoms with Gasteiger partial charge in [0.05, 0.1) is 14.2 Å². The molecule has 0 unspecified atom stereocenters. The molecule has 1 N–H and O–H groups in total. The zero-order valence-corrected chi connectivity index (χ0v) is 13.8. The first-order chi connectivity index (χ1) is 9.83. The van der Waals surface area contributed by atoms with E-state index in [2.05, 4.69) is 17.5 Å². The lowest BCUT2D eigenvalue weighted by atomic mass is 9.97. The number of hydrogen-bond acceptors (Lipinski definition) is 3. The zero-order chi connectivity index (χ0) is 14.2. The normalized spacial score (nSPS) is 14.1. The van der Waals surface area contributed by atoms with Crippen LogP contribution in [0.3, 0.4) is 0 Å². The fourth-order valence-electron chi connectivity index (χ4n) is 2.60. The van der Waals surface area contributed by atoms with Gasteiger partial charge in [-0.1, -0.05) is 17.7 Å². The predicted octanol–water partition coefficient (Wildman–Crippen LogP) is 4.11. The van der Waals surface area contributed by atoms with Crippen LogP contribution in [-0.4, -0.2) is 20.8 Å². The fourth-order valence-corrected chi connectivity index (χ4v) is 2.60. The summed E-state index contributed by atoms with van der Waals surface area (Å²) in [6.45, 7) is 1.86. The molecule has 0 amide bonds. The van der Waals surface area contributed by atoms with Crippen LogP contribution in [0, 0.1) is 0 Å². The van der Waals surface area contributed by atoms with Crippen molar-refractivity contribution in [2.24, 2.45) is 0 Å². The van der Waals surface area contributed by atoms with Gasteiger partial charge in [-0.2, -0.15) is 0 Å². The van der Waals surface area contributed by atoms with Crippen molar-refractivity contribution in [2.45, 2.75) is 38.6 Å². The van der Waals surface area contributed by atoms with E-state index in [9.17, 15) is 0 Å². The number of hydrogen-bond donors (Lipinski definition) is 1. The lowest BCUT2D eigenvalue weighted by Crippen LogP contribution is -2.16. The minimum atomic E-state index is 0. The number of halogens is 1. The van der Waals surface area contributed by atoms with Gasteiger partial charge in [0.15, 0.2) is 0 Å². The maximum atomic E-state index is 5.40. The Morgan fingerprint density at radius 3 is 2.67 bits per heavy atom. The lowest BCUT2D eigenvalue weighted by Gasteiger charge is -2.14. The molecule has 118 valence electrons. The van der Waals surface area contributed by atoms with Gasteiger partial charge in [-0.15, -0.1) is 12.4 Å². The standard InChI is InChI=1S/C17H25NO2.ClH/c1-19-16-9-8-15(17(12-16)20-2)13-18-11-10-14-6-4-3-5-7-14;/h6,8-9,12,18H,3-5,7,10-11,13H2,1-2H3;1H. The summed E-state index contributed by atoms with van der Waals surface area (Å²) in [5.41, 5.74) is 2.79. The van der Waals surface area contributed by atoms with Crippen molar-refractivity contribution in [3.05, 3.63) is 35.4 Å².